The molecule has 228 valence electrons. The van der Waals surface area contributed by atoms with Crippen LogP contribution in [0, 0.1) is 29.6 Å². The van der Waals surface area contributed by atoms with Crippen molar-refractivity contribution < 1.29 is 19.1 Å². The number of rotatable bonds is 8. The van der Waals surface area contributed by atoms with Gasteiger partial charge in [0.1, 0.15) is 11.6 Å². The zero-order valence-corrected chi connectivity index (χ0v) is 25.8. The van der Waals surface area contributed by atoms with E-state index in [4.69, 9.17) is 16.3 Å². The maximum absolute atomic E-state index is 14.3. The van der Waals surface area contributed by atoms with Crippen LogP contribution in [0.15, 0.2) is 36.4 Å². The quantitative estimate of drug-likeness (QED) is 0.432. The summed E-state index contributed by atoms with van der Waals surface area (Å²) < 4.78 is 6.53. The van der Waals surface area contributed by atoms with Gasteiger partial charge in [0.2, 0.25) is 17.7 Å². The van der Waals surface area contributed by atoms with E-state index in [0.29, 0.717) is 35.0 Å². The molecule has 9 unspecified atom stereocenters. The third-order valence-electron chi connectivity index (χ3n) is 10.7. The topological polar surface area (TPSA) is 91.0 Å². The van der Waals surface area contributed by atoms with Gasteiger partial charge in [-0.05, 0) is 80.8 Å². The van der Waals surface area contributed by atoms with Crippen molar-refractivity contribution in [3.63, 3.8) is 0 Å². The Bertz CT molecular complexity index is 1220. The second-order valence-electron chi connectivity index (χ2n) is 13.5. The summed E-state index contributed by atoms with van der Waals surface area (Å²) in [6.45, 7) is 10.2. The molecule has 42 heavy (non-hydrogen) atoms. The lowest BCUT2D eigenvalue weighted by molar-refractivity contribution is -0.141. The summed E-state index contributed by atoms with van der Waals surface area (Å²) in [5, 5.41) is 6.89. The lowest BCUT2D eigenvalue weighted by Gasteiger charge is -2.38. The number of carbonyl (C=O) groups is 3. The van der Waals surface area contributed by atoms with Gasteiger partial charge in [-0.2, -0.15) is 0 Å². The highest BCUT2D eigenvalue weighted by Crippen LogP contribution is 2.55. The van der Waals surface area contributed by atoms with Gasteiger partial charge in [-0.1, -0.05) is 57.4 Å². The van der Waals surface area contributed by atoms with Gasteiger partial charge in [0.15, 0.2) is 0 Å². The highest BCUT2D eigenvalue weighted by molar-refractivity contribution is 6.30. The summed E-state index contributed by atoms with van der Waals surface area (Å²) >= 11 is 6.03. The van der Waals surface area contributed by atoms with Gasteiger partial charge in [0.25, 0.3) is 0 Å². The van der Waals surface area contributed by atoms with Crippen molar-refractivity contribution in [3.8, 4) is 0 Å². The lowest BCUT2D eigenvalue weighted by atomic mass is 9.73. The van der Waals surface area contributed by atoms with Crippen LogP contribution < -0.4 is 10.6 Å². The van der Waals surface area contributed by atoms with E-state index in [9.17, 15) is 14.4 Å². The highest BCUT2D eigenvalue weighted by atomic mass is 35.5. The van der Waals surface area contributed by atoms with E-state index in [-0.39, 0.29) is 23.8 Å². The third-order valence-corrected chi connectivity index (χ3v) is 10.9. The first-order valence-electron chi connectivity index (χ1n) is 15.9. The first-order chi connectivity index (χ1) is 20.2. The van der Waals surface area contributed by atoms with Crippen molar-refractivity contribution >= 4 is 35.0 Å². The van der Waals surface area contributed by atoms with Crippen LogP contribution in [0.4, 0.5) is 5.69 Å². The Kier molecular flexibility index (Phi) is 8.42. The summed E-state index contributed by atoms with van der Waals surface area (Å²) in [6.07, 6.45) is 9.64. The van der Waals surface area contributed by atoms with E-state index in [1.165, 1.54) is 19.3 Å². The molecule has 2 N–H and O–H groups in total. The molecule has 1 spiro atoms. The summed E-state index contributed by atoms with van der Waals surface area (Å²) in [5.41, 5.74) is -0.533. The molecule has 3 amide bonds. The van der Waals surface area contributed by atoms with E-state index in [1.54, 1.807) is 29.2 Å². The molecule has 1 aromatic carbocycles. The second kappa shape index (κ2) is 11.9. The van der Waals surface area contributed by atoms with E-state index >= 15 is 0 Å². The standard InChI is InChI=1S/C33H45ClN4O4/c1-20-7-5-16-37(19-20)17-6-18-38-29(31(40)36-25-9-4-8-21(2)22(25)3)33-15-14-26(42-33)27(28(33)32(38)41)30(39)35-24-12-10-23(34)11-13-24/h10-15,20-22,25-29H,4-9,16-19H2,1-3H3,(H,35,39)(H,36,40). The Hall–Kier alpha value is -2.42. The average molecular weight is 597 g/mol. The molecule has 4 fully saturated rings. The number of carbonyl (C=O) groups excluding carboxylic acids is 3. The molecule has 6 rings (SSSR count). The predicted octanol–water partition coefficient (Wildman–Crippen LogP) is 4.49. The van der Waals surface area contributed by atoms with Crippen LogP contribution in [-0.4, -0.2) is 77.5 Å². The number of anilines is 1. The first kappa shape index (κ1) is 29.6. The van der Waals surface area contributed by atoms with Gasteiger partial charge in [-0.3, -0.25) is 14.4 Å². The van der Waals surface area contributed by atoms with Gasteiger partial charge in [0, 0.05) is 29.8 Å². The van der Waals surface area contributed by atoms with Crippen molar-refractivity contribution in [2.24, 2.45) is 29.6 Å². The van der Waals surface area contributed by atoms with Crippen LogP contribution in [0.1, 0.15) is 59.3 Å². The fourth-order valence-electron chi connectivity index (χ4n) is 8.27. The SMILES string of the molecule is CC1CCCN(CCCN2C(=O)C3C(C(=O)Nc4ccc(Cl)cc4)C4C=CC3(O4)C2C(=O)NC2CCCC(C)C2C)C1. The number of hydrogen-bond donors (Lipinski definition) is 2. The highest BCUT2D eigenvalue weighted by Gasteiger charge is 2.72. The molecule has 1 saturated carbocycles. The van der Waals surface area contributed by atoms with Crippen molar-refractivity contribution in [1.29, 1.82) is 0 Å². The number of ether oxygens (including phenoxy) is 1. The molecule has 2 bridgehead atoms. The van der Waals surface area contributed by atoms with Crippen LogP contribution in [0.5, 0.6) is 0 Å². The third kappa shape index (κ3) is 5.39. The Labute approximate surface area is 254 Å². The van der Waals surface area contributed by atoms with Gasteiger partial charge >= 0.3 is 0 Å². The number of fused-ring (bicyclic) bond motifs is 1. The van der Waals surface area contributed by atoms with E-state index in [1.807, 2.05) is 12.2 Å². The minimum absolute atomic E-state index is 0.0649. The molecule has 9 heteroatoms. The van der Waals surface area contributed by atoms with Crippen LogP contribution >= 0.6 is 11.6 Å². The van der Waals surface area contributed by atoms with Crippen molar-refractivity contribution in [3.05, 3.63) is 41.4 Å². The van der Waals surface area contributed by atoms with Gasteiger partial charge in [-0.25, -0.2) is 0 Å². The molecule has 4 heterocycles. The zero-order valence-electron chi connectivity index (χ0n) is 25.1. The van der Waals surface area contributed by atoms with Crippen molar-refractivity contribution in [2.45, 2.75) is 83.1 Å². The van der Waals surface area contributed by atoms with E-state index in [2.05, 4.69) is 36.3 Å². The summed E-state index contributed by atoms with van der Waals surface area (Å²) in [7, 11) is 0. The van der Waals surface area contributed by atoms with Gasteiger partial charge < -0.3 is 25.2 Å². The number of hydrogen-bond acceptors (Lipinski definition) is 5. The number of likely N-dealkylation sites (tertiary alicyclic amines) is 2. The monoisotopic (exact) mass is 596 g/mol. The molecular formula is C33H45ClN4O4. The fraction of sp³-hybridized carbons (Fsp3) is 0.667. The number of amides is 3. The number of benzene rings is 1. The largest absolute Gasteiger partial charge is 0.359 e. The molecule has 3 saturated heterocycles. The number of halogens is 1. The summed E-state index contributed by atoms with van der Waals surface area (Å²) in [6, 6.07) is 6.19. The zero-order chi connectivity index (χ0) is 29.6. The molecule has 1 aliphatic carbocycles. The van der Waals surface area contributed by atoms with Crippen molar-refractivity contribution in [1.82, 2.24) is 15.1 Å². The van der Waals surface area contributed by atoms with Crippen molar-refractivity contribution in [2.75, 3.05) is 31.5 Å². The fourth-order valence-corrected chi connectivity index (χ4v) is 8.39. The van der Waals surface area contributed by atoms with Gasteiger partial charge in [-0.15, -0.1) is 0 Å². The maximum Gasteiger partial charge on any atom is 0.246 e. The molecule has 0 aromatic heterocycles. The van der Waals surface area contributed by atoms with E-state index in [0.717, 1.165) is 38.9 Å². The average Bonchev–Trinajstić information content (AvgIpc) is 3.60. The van der Waals surface area contributed by atoms with Crippen LogP contribution in [0.3, 0.4) is 0 Å². The Morgan fingerprint density at radius 2 is 1.83 bits per heavy atom. The number of piperidine rings is 1. The van der Waals surface area contributed by atoms with Crippen LogP contribution in [0.2, 0.25) is 5.02 Å². The molecule has 8 nitrogen and oxygen atoms in total. The number of nitrogens with one attached hydrogen (secondary N) is 2. The Morgan fingerprint density at radius 1 is 1.05 bits per heavy atom. The van der Waals surface area contributed by atoms with Gasteiger partial charge in [0.05, 0.1) is 17.9 Å². The predicted molar refractivity (Wildman–Crippen MR) is 163 cm³/mol. The molecular weight excluding hydrogens is 552 g/mol. The maximum atomic E-state index is 14.3. The molecule has 5 aliphatic rings. The normalized spacial score (nSPS) is 37.6. The number of nitrogens with zero attached hydrogens (tertiary/aromatic N) is 2. The summed E-state index contributed by atoms with van der Waals surface area (Å²) in [5.74, 6) is -0.478. The molecule has 4 aliphatic heterocycles. The Morgan fingerprint density at radius 3 is 2.60 bits per heavy atom. The lowest BCUT2D eigenvalue weighted by Crippen LogP contribution is -2.58. The molecule has 9 atom stereocenters. The minimum atomic E-state index is -1.14. The summed E-state index contributed by atoms with van der Waals surface area (Å²) in [4.78, 5) is 46.3. The molecule has 0 radical (unpaired) electrons. The first-order valence-corrected chi connectivity index (χ1v) is 16.3. The van der Waals surface area contributed by atoms with Crippen LogP contribution in [0.25, 0.3) is 0 Å². The van der Waals surface area contributed by atoms with E-state index < -0.39 is 29.6 Å². The Balaban J connectivity index is 1.24. The second-order valence-corrected chi connectivity index (χ2v) is 13.9. The smallest absolute Gasteiger partial charge is 0.246 e. The molecule has 1 aromatic rings. The van der Waals surface area contributed by atoms with Crippen LogP contribution in [-0.2, 0) is 19.1 Å². The minimum Gasteiger partial charge on any atom is -0.359 e.